The van der Waals surface area contributed by atoms with E-state index in [-0.39, 0.29) is 29.8 Å². The fourth-order valence-electron chi connectivity index (χ4n) is 3.37. The summed E-state index contributed by atoms with van der Waals surface area (Å²) in [6, 6.07) is 16.7. The van der Waals surface area contributed by atoms with Crippen molar-refractivity contribution in [2.45, 2.75) is 32.1 Å². The summed E-state index contributed by atoms with van der Waals surface area (Å²) in [6.07, 6.45) is 5.12. The van der Waals surface area contributed by atoms with Crippen molar-refractivity contribution in [3.63, 3.8) is 0 Å². The third-order valence-electron chi connectivity index (χ3n) is 5.33. The van der Waals surface area contributed by atoms with E-state index in [0.717, 1.165) is 30.4 Å². The van der Waals surface area contributed by atoms with Crippen LogP contribution in [0, 0.1) is 11.7 Å². The molecule has 0 spiro atoms. The molecule has 1 aromatic heterocycles. The van der Waals surface area contributed by atoms with E-state index >= 15 is 0 Å². The third kappa shape index (κ3) is 5.75. The van der Waals surface area contributed by atoms with Gasteiger partial charge in [-0.1, -0.05) is 30.7 Å². The molecule has 1 fully saturated rings. The Morgan fingerprint density at radius 1 is 0.935 bits per heavy atom. The van der Waals surface area contributed by atoms with Crippen molar-refractivity contribution in [3.05, 3.63) is 83.8 Å². The summed E-state index contributed by atoms with van der Waals surface area (Å²) in [5.41, 5.74) is 1.67. The molecule has 0 aliphatic heterocycles. The number of amides is 1. The van der Waals surface area contributed by atoms with Crippen molar-refractivity contribution in [1.82, 2.24) is 4.98 Å². The van der Waals surface area contributed by atoms with Crippen LogP contribution in [0.3, 0.4) is 0 Å². The minimum absolute atomic E-state index is 0.00515. The van der Waals surface area contributed by atoms with Gasteiger partial charge in [0.15, 0.2) is 0 Å². The molecule has 0 unspecified atom stereocenters. The summed E-state index contributed by atoms with van der Waals surface area (Å²) >= 11 is 0. The second kappa shape index (κ2) is 9.51. The van der Waals surface area contributed by atoms with Crippen LogP contribution in [0.25, 0.3) is 0 Å². The molecule has 1 heterocycles. The van der Waals surface area contributed by atoms with Crippen LogP contribution in [0.15, 0.2) is 66.9 Å². The van der Waals surface area contributed by atoms with Crippen LogP contribution in [-0.4, -0.2) is 16.7 Å². The lowest BCUT2D eigenvalue weighted by Crippen LogP contribution is -2.28. The highest BCUT2D eigenvalue weighted by Gasteiger charge is 2.25. The third-order valence-corrected chi connectivity index (χ3v) is 5.33. The highest BCUT2D eigenvalue weighted by Crippen LogP contribution is 2.28. The van der Waals surface area contributed by atoms with Crippen LogP contribution in [0.2, 0.25) is 0 Å². The predicted molar refractivity (Wildman–Crippen MR) is 116 cm³/mol. The Morgan fingerprint density at radius 2 is 1.58 bits per heavy atom. The Balaban J connectivity index is 1.32. The van der Waals surface area contributed by atoms with Crippen molar-refractivity contribution < 1.29 is 18.7 Å². The van der Waals surface area contributed by atoms with E-state index in [0.29, 0.717) is 23.7 Å². The van der Waals surface area contributed by atoms with Crippen LogP contribution in [0.4, 0.5) is 10.2 Å². The maximum absolute atomic E-state index is 13.0. The number of anilines is 1. The molecule has 4 rings (SSSR count). The molecule has 1 amide bonds. The van der Waals surface area contributed by atoms with E-state index in [1.54, 1.807) is 42.6 Å². The van der Waals surface area contributed by atoms with Gasteiger partial charge in [0.05, 0.1) is 0 Å². The number of carbonyl (C=O) groups excluding carboxylic acids is 2. The average Bonchev–Trinajstić information content (AvgIpc) is 2.70. The van der Waals surface area contributed by atoms with E-state index in [2.05, 4.69) is 10.3 Å². The van der Waals surface area contributed by atoms with Crippen LogP contribution in [0.1, 0.15) is 30.4 Å². The summed E-state index contributed by atoms with van der Waals surface area (Å²) in [6.45, 7) is 0. The Labute approximate surface area is 180 Å². The number of pyridine rings is 1. The number of ether oxygens (including phenoxy) is 1. The number of halogens is 1. The first-order chi connectivity index (χ1) is 15.0. The van der Waals surface area contributed by atoms with Gasteiger partial charge in [-0.05, 0) is 54.3 Å². The van der Waals surface area contributed by atoms with Crippen molar-refractivity contribution in [2.24, 2.45) is 5.92 Å². The number of carbonyl (C=O) groups is 2. The lowest BCUT2D eigenvalue weighted by Gasteiger charge is -2.23. The molecule has 31 heavy (non-hydrogen) atoms. The lowest BCUT2D eigenvalue weighted by atomic mass is 9.85. The first kappa shape index (κ1) is 20.7. The Kier molecular flexibility index (Phi) is 6.36. The molecule has 1 N–H and O–H groups in total. The normalized spacial score (nSPS) is 13.3. The van der Waals surface area contributed by atoms with Crippen molar-refractivity contribution in [3.8, 4) is 11.5 Å². The fourth-order valence-corrected chi connectivity index (χ4v) is 3.37. The van der Waals surface area contributed by atoms with Crippen molar-refractivity contribution in [1.29, 1.82) is 0 Å². The standard InChI is InChI=1S/C25H23FN2O3/c26-20-8-4-17(5-9-20)14-21(29)15-18-6-10-22(11-7-18)31-23-12-13-27-24(16-23)28-25(30)19-2-1-3-19/h4-13,16,19H,1-3,14-15H2,(H,27,28,30). The number of nitrogens with one attached hydrogen (secondary N) is 1. The number of nitrogens with zero attached hydrogens (tertiary/aromatic N) is 1. The number of hydrogen-bond acceptors (Lipinski definition) is 4. The molecule has 6 heteroatoms. The maximum Gasteiger partial charge on any atom is 0.228 e. The molecule has 0 radical (unpaired) electrons. The molecular weight excluding hydrogens is 395 g/mol. The summed E-state index contributed by atoms with van der Waals surface area (Å²) in [4.78, 5) is 28.5. The minimum atomic E-state index is -0.311. The van der Waals surface area contributed by atoms with Crippen LogP contribution in [0.5, 0.6) is 11.5 Å². The Hall–Kier alpha value is -3.54. The molecule has 0 saturated heterocycles. The number of hydrogen-bond donors (Lipinski definition) is 1. The second-order valence-electron chi connectivity index (χ2n) is 7.76. The molecule has 2 aromatic carbocycles. The van der Waals surface area contributed by atoms with Gasteiger partial charge in [0.25, 0.3) is 0 Å². The lowest BCUT2D eigenvalue weighted by molar-refractivity contribution is -0.122. The molecule has 0 bridgehead atoms. The van der Waals surface area contributed by atoms with Crippen LogP contribution >= 0.6 is 0 Å². The van der Waals surface area contributed by atoms with Gasteiger partial charge < -0.3 is 10.1 Å². The molecule has 5 nitrogen and oxygen atoms in total. The Morgan fingerprint density at radius 3 is 2.19 bits per heavy atom. The highest BCUT2D eigenvalue weighted by atomic mass is 19.1. The zero-order valence-corrected chi connectivity index (χ0v) is 17.0. The largest absolute Gasteiger partial charge is 0.457 e. The number of ketones is 1. The molecule has 158 valence electrons. The van der Waals surface area contributed by atoms with Gasteiger partial charge in [0.2, 0.25) is 5.91 Å². The topological polar surface area (TPSA) is 68.3 Å². The van der Waals surface area contributed by atoms with Gasteiger partial charge in [-0.25, -0.2) is 9.37 Å². The fraction of sp³-hybridized carbons (Fsp3) is 0.240. The van der Waals surface area contributed by atoms with Crippen LogP contribution < -0.4 is 10.1 Å². The van der Waals surface area contributed by atoms with E-state index in [1.165, 1.54) is 12.1 Å². The smallest absolute Gasteiger partial charge is 0.228 e. The van der Waals surface area contributed by atoms with Gasteiger partial charge in [0, 0.05) is 31.0 Å². The summed E-state index contributed by atoms with van der Waals surface area (Å²) < 4.78 is 18.8. The van der Waals surface area contributed by atoms with Gasteiger partial charge >= 0.3 is 0 Å². The SMILES string of the molecule is O=C(Cc1ccc(F)cc1)Cc1ccc(Oc2ccnc(NC(=O)C3CCC3)c2)cc1. The van der Waals surface area contributed by atoms with Gasteiger partial charge in [-0.2, -0.15) is 0 Å². The number of benzene rings is 2. The van der Waals surface area contributed by atoms with Gasteiger partial charge in [-0.15, -0.1) is 0 Å². The van der Waals surface area contributed by atoms with E-state index in [9.17, 15) is 14.0 Å². The number of Topliss-reactive ketones (excluding diaryl/α,β-unsaturated/α-hetero) is 1. The molecule has 1 aliphatic carbocycles. The summed E-state index contributed by atoms with van der Waals surface area (Å²) in [5, 5.41) is 2.84. The van der Waals surface area contributed by atoms with Gasteiger partial charge in [0.1, 0.15) is 28.9 Å². The highest BCUT2D eigenvalue weighted by molar-refractivity contribution is 5.92. The zero-order valence-electron chi connectivity index (χ0n) is 17.0. The predicted octanol–water partition coefficient (Wildman–Crippen LogP) is 5.11. The summed E-state index contributed by atoms with van der Waals surface area (Å²) in [7, 11) is 0. The zero-order chi connectivity index (χ0) is 21.6. The summed E-state index contributed by atoms with van der Waals surface area (Å²) in [5.74, 6) is 1.50. The monoisotopic (exact) mass is 418 g/mol. The quantitative estimate of drug-likeness (QED) is 0.552. The average molecular weight is 418 g/mol. The maximum atomic E-state index is 13.0. The molecule has 3 aromatic rings. The first-order valence-electron chi connectivity index (χ1n) is 10.3. The van der Waals surface area contributed by atoms with Gasteiger partial charge in [-0.3, -0.25) is 9.59 Å². The molecule has 1 aliphatic rings. The molecular formula is C25H23FN2O3. The van der Waals surface area contributed by atoms with Crippen LogP contribution in [-0.2, 0) is 22.4 Å². The first-order valence-corrected chi connectivity index (χ1v) is 10.3. The number of rotatable bonds is 8. The van der Waals surface area contributed by atoms with E-state index < -0.39 is 0 Å². The molecule has 0 atom stereocenters. The van der Waals surface area contributed by atoms with Crippen molar-refractivity contribution >= 4 is 17.5 Å². The Bertz CT molecular complexity index is 1060. The van der Waals surface area contributed by atoms with E-state index in [1.807, 2.05) is 12.1 Å². The van der Waals surface area contributed by atoms with Crippen molar-refractivity contribution in [2.75, 3.05) is 5.32 Å². The minimum Gasteiger partial charge on any atom is -0.457 e. The number of aromatic nitrogens is 1. The van der Waals surface area contributed by atoms with E-state index in [4.69, 9.17) is 4.74 Å². The second-order valence-corrected chi connectivity index (χ2v) is 7.76. The molecule has 1 saturated carbocycles.